The lowest BCUT2D eigenvalue weighted by Gasteiger charge is -2.02. The molecule has 0 saturated carbocycles. The number of phenolic OH excluding ortho intramolecular Hbond substituents is 1. The molecule has 9 heteroatoms. The number of non-ortho nitro benzene ring substituents is 1. The largest absolute Gasteiger partial charge is 0.506 e. The van der Waals surface area contributed by atoms with Gasteiger partial charge in [-0.25, -0.2) is 5.43 Å². The van der Waals surface area contributed by atoms with Crippen molar-refractivity contribution in [1.29, 1.82) is 0 Å². The Morgan fingerprint density at radius 2 is 1.91 bits per heavy atom. The molecule has 0 spiro atoms. The lowest BCUT2D eigenvalue weighted by Crippen LogP contribution is -2.17. The van der Waals surface area contributed by atoms with Crippen molar-refractivity contribution in [1.82, 2.24) is 5.43 Å². The number of nitro benzene ring substituents is 1. The van der Waals surface area contributed by atoms with Crippen molar-refractivity contribution in [2.75, 3.05) is 0 Å². The van der Waals surface area contributed by atoms with Gasteiger partial charge in [-0.05, 0) is 68.9 Å². The molecule has 0 aliphatic carbocycles. The summed E-state index contributed by atoms with van der Waals surface area (Å²) in [4.78, 5) is 22.0. The number of aromatic hydroxyl groups is 1. The molecule has 0 radical (unpaired) electrons. The van der Waals surface area contributed by atoms with E-state index in [4.69, 9.17) is 0 Å². The highest BCUT2D eigenvalue weighted by atomic mass is 127. The van der Waals surface area contributed by atoms with Crippen molar-refractivity contribution in [3.05, 3.63) is 64.8 Å². The molecule has 0 atom stereocenters. The average molecular weight is 537 g/mol. The molecule has 2 rings (SSSR count). The third kappa shape index (κ3) is 4.60. The first-order valence-electron chi connectivity index (χ1n) is 6.14. The van der Waals surface area contributed by atoms with Crippen LogP contribution in [-0.2, 0) is 0 Å². The number of nitrogens with one attached hydrogen (secondary N) is 1. The molecule has 0 unspecified atom stereocenters. The molecule has 118 valence electrons. The summed E-state index contributed by atoms with van der Waals surface area (Å²) in [6.07, 6.45) is 1.43. The monoisotopic (exact) mass is 537 g/mol. The number of nitrogens with zero attached hydrogens (tertiary/aromatic N) is 2. The topological polar surface area (TPSA) is 105 Å². The second-order valence-electron chi connectivity index (χ2n) is 4.34. The highest BCUT2D eigenvalue weighted by Crippen LogP contribution is 2.26. The van der Waals surface area contributed by atoms with Crippen LogP contribution < -0.4 is 5.43 Å². The first-order chi connectivity index (χ1) is 10.9. The van der Waals surface area contributed by atoms with Crippen LogP contribution in [0.1, 0.15) is 15.9 Å². The summed E-state index contributed by atoms with van der Waals surface area (Å²) in [6, 6.07) is 8.80. The quantitative estimate of drug-likeness (QED) is 0.271. The normalized spacial score (nSPS) is 10.7. The van der Waals surface area contributed by atoms with Gasteiger partial charge in [0.05, 0.1) is 18.3 Å². The molecule has 2 aromatic carbocycles. The van der Waals surface area contributed by atoms with E-state index in [2.05, 4.69) is 10.5 Å². The third-order valence-corrected chi connectivity index (χ3v) is 4.38. The molecule has 0 bridgehead atoms. The van der Waals surface area contributed by atoms with Crippen molar-refractivity contribution in [3.63, 3.8) is 0 Å². The van der Waals surface area contributed by atoms with Gasteiger partial charge in [0, 0.05) is 17.7 Å². The molecule has 0 aliphatic heterocycles. The van der Waals surface area contributed by atoms with E-state index in [9.17, 15) is 20.0 Å². The zero-order chi connectivity index (χ0) is 17.0. The molecule has 23 heavy (non-hydrogen) atoms. The number of halogens is 2. The van der Waals surface area contributed by atoms with Crippen LogP contribution in [0.25, 0.3) is 0 Å². The molecule has 0 aliphatic rings. The van der Waals surface area contributed by atoms with Gasteiger partial charge >= 0.3 is 0 Å². The zero-order valence-corrected chi connectivity index (χ0v) is 15.7. The Labute approximate surface area is 158 Å². The smallest absolute Gasteiger partial charge is 0.271 e. The fourth-order valence-corrected chi connectivity index (χ4v) is 3.47. The first kappa shape index (κ1) is 17.6. The van der Waals surface area contributed by atoms with Gasteiger partial charge < -0.3 is 5.11 Å². The van der Waals surface area contributed by atoms with E-state index >= 15 is 0 Å². The van der Waals surface area contributed by atoms with Gasteiger partial charge in [-0.2, -0.15) is 5.10 Å². The van der Waals surface area contributed by atoms with Crippen LogP contribution in [0, 0.1) is 17.3 Å². The predicted octanol–water partition coefficient (Wildman–Crippen LogP) is 3.27. The molecule has 1 amide bonds. The Morgan fingerprint density at radius 3 is 2.52 bits per heavy atom. The van der Waals surface area contributed by atoms with Crippen LogP contribution >= 0.6 is 45.2 Å². The van der Waals surface area contributed by atoms with E-state index < -0.39 is 10.8 Å². The average Bonchev–Trinajstić information content (AvgIpc) is 2.52. The van der Waals surface area contributed by atoms with E-state index in [1.165, 1.54) is 30.5 Å². The molecule has 2 aromatic rings. The molecule has 0 saturated heterocycles. The lowest BCUT2D eigenvalue weighted by molar-refractivity contribution is -0.384. The molecule has 7 nitrogen and oxygen atoms in total. The van der Waals surface area contributed by atoms with Gasteiger partial charge in [0.15, 0.2) is 0 Å². The number of carbonyl (C=O) groups excluding carboxylic acids is 1. The number of hydrogen-bond acceptors (Lipinski definition) is 5. The number of hydrogen-bond donors (Lipinski definition) is 2. The summed E-state index contributed by atoms with van der Waals surface area (Å²) >= 11 is 3.98. The second kappa shape index (κ2) is 7.68. The van der Waals surface area contributed by atoms with Crippen LogP contribution in [0.15, 0.2) is 41.5 Å². The van der Waals surface area contributed by atoms with Crippen molar-refractivity contribution in [2.45, 2.75) is 0 Å². The van der Waals surface area contributed by atoms with Gasteiger partial charge in [-0.15, -0.1) is 0 Å². The number of amides is 1. The van der Waals surface area contributed by atoms with Crippen molar-refractivity contribution in [3.8, 4) is 5.75 Å². The van der Waals surface area contributed by atoms with Gasteiger partial charge in [-0.1, -0.05) is 6.07 Å². The summed E-state index contributed by atoms with van der Waals surface area (Å²) in [5.41, 5.74) is 2.99. The van der Waals surface area contributed by atoms with Crippen LogP contribution in [0.5, 0.6) is 5.75 Å². The molecule has 2 N–H and O–H groups in total. The third-order valence-electron chi connectivity index (χ3n) is 2.74. The second-order valence-corrected chi connectivity index (χ2v) is 6.66. The van der Waals surface area contributed by atoms with Gasteiger partial charge in [0.1, 0.15) is 5.75 Å². The van der Waals surface area contributed by atoms with Crippen molar-refractivity contribution < 1.29 is 14.8 Å². The Morgan fingerprint density at radius 1 is 1.26 bits per heavy atom. The van der Waals surface area contributed by atoms with E-state index in [1.807, 2.05) is 45.2 Å². The minimum absolute atomic E-state index is 0.145. The minimum atomic E-state index is -0.569. The fourth-order valence-electron chi connectivity index (χ4n) is 1.65. The number of carbonyl (C=O) groups is 1. The zero-order valence-electron chi connectivity index (χ0n) is 11.4. The van der Waals surface area contributed by atoms with Gasteiger partial charge in [0.25, 0.3) is 11.6 Å². The number of hydrazone groups is 1. The molecule has 0 fully saturated rings. The Kier molecular flexibility index (Phi) is 5.87. The maximum absolute atomic E-state index is 11.9. The van der Waals surface area contributed by atoms with Gasteiger partial charge in [-0.3, -0.25) is 14.9 Å². The summed E-state index contributed by atoms with van der Waals surface area (Å²) in [5.74, 6) is -0.350. The van der Waals surface area contributed by atoms with E-state index in [0.29, 0.717) is 12.7 Å². The van der Waals surface area contributed by atoms with Crippen LogP contribution in [0.4, 0.5) is 5.69 Å². The van der Waals surface area contributed by atoms with Crippen LogP contribution in [-0.4, -0.2) is 22.2 Å². The van der Waals surface area contributed by atoms with E-state index in [0.717, 1.165) is 0 Å². The standard InChI is InChI=1S/C14H9I2N3O4/c15-11-4-8(5-12(16)13(11)20)7-17-18-14(21)9-2-1-3-10(6-9)19(22)23/h1-7,20H,(H,18,21)/b17-7-. The number of rotatable bonds is 4. The van der Waals surface area contributed by atoms with Crippen molar-refractivity contribution >= 4 is 63.0 Å². The maximum Gasteiger partial charge on any atom is 0.271 e. The highest BCUT2D eigenvalue weighted by Gasteiger charge is 2.10. The van der Waals surface area contributed by atoms with E-state index in [-0.39, 0.29) is 17.0 Å². The highest BCUT2D eigenvalue weighted by molar-refractivity contribution is 14.1. The Bertz CT molecular complexity index is 785. The number of nitro groups is 1. The Hall–Kier alpha value is -1.76. The predicted molar refractivity (Wildman–Crippen MR) is 102 cm³/mol. The molecule has 0 aromatic heterocycles. The first-order valence-corrected chi connectivity index (χ1v) is 8.30. The molecular formula is C14H9I2N3O4. The summed E-state index contributed by atoms with van der Waals surface area (Å²) < 4.78 is 1.34. The summed E-state index contributed by atoms with van der Waals surface area (Å²) in [6.45, 7) is 0. The number of benzene rings is 2. The molecular weight excluding hydrogens is 528 g/mol. The van der Waals surface area contributed by atoms with Gasteiger partial charge in [0.2, 0.25) is 0 Å². The SMILES string of the molecule is O=C(N/N=C\c1cc(I)c(O)c(I)c1)c1cccc([N+](=O)[O-])c1. The summed E-state index contributed by atoms with van der Waals surface area (Å²) in [5, 5.41) is 24.2. The van der Waals surface area contributed by atoms with E-state index in [1.54, 1.807) is 12.1 Å². The Balaban J connectivity index is 2.10. The van der Waals surface area contributed by atoms with Crippen LogP contribution in [0.3, 0.4) is 0 Å². The number of phenols is 1. The fraction of sp³-hybridized carbons (Fsp3) is 0. The molecule has 0 heterocycles. The van der Waals surface area contributed by atoms with Crippen LogP contribution in [0.2, 0.25) is 0 Å². The van der Waals surface area contributed by atoms with Crippen molar-refractivity contribution in [2.24, 2.45) is 5.10 Å². The maximum atomic E-state index is 11.9. The minimum Gasteiger partial charge on any atom is -0.506 e. The summed E-state index contributed by atoms with van der Waals surface area (Å²) in [7, 11) is 0. The lowest BCUT2D eigenvalue weighted by atomic mass is 10.2.